The summed E-state index contributed by atoms with van der Waals surface area (Å²) in [4.78, 5) is 11.0. The fourth-order valence-corrected chi connectivity index (χ4v) is 4.36. The summed E-state index contributed by atoms with van der Waals surface area (Å²) in [5.41, 5.74) is 0. The van der Waals surface area contributed by atoms with Gasteiger partial charge in [-0.05, 0) is 19.3 Å². The second kappa shape index (κ2) is 25.7. The molecule has 1 atom stereocenters. The molecule has 3 nitrogen and oxygen atoms in total. The maximum Gasteiger partial charge on any atom is 0.305 e. The minimum Gasteiger partial charge on any atom is -0.469 e. The Morgan fingerprint density at radius 2 is 0.903 bits per heavy atom. The summed E-state index contributed by atoms with van der Waals surface area (Å²) in [6.45, 7) is 2.29. The fourth-order valence-electron chi connectivity index (χ4n) is 4.36. The van der Waals surface area contributed by atoms with Crippen LogP contribution in [0.1, 0.15) is 161 Å². The minimum atomic E-state index is -0.250. The molecule has 0 fully saturated rings. The SMILES string of the molecule is CCCCCCCCCCCCCCCCCCCCCCC(O)CCCC(=O)OC. The van der Waals surface area contributed by atoms with E-state index >= 15 is 0 Å². The van der Waals surface area contributed by atoms with Crippen LogP contribution in [0.2, 0.25) is 0 Å². The third-order valence-electron chi connectivity index (χ3n) is 6.54. The van der Waals surface area contributed by atoms with Crippen molar-refractivity contribution in [1.82, 2.24) is 0 Å². The largest absolute Gasteiger partial charge is 0.469 e. The average molecular weight is 441 g/mol. The molecule has 1 unspecified atom stereocenters. The van der Waals surface area contributed by atoms with Gasteiger partial charge in [0.15, 0.2) is 0 Å². The van der Waals surface area contributed by atoms with Gasteiger partial charge in [-0.1, -0.05) is 135 Å². The third-order valence-corrected chi connectivity index (χ3v) is 6.54. The summed E-state index contributed by atoms with van der Waals surface area (Å²) in [5, 5.41) is 9.93. The number of hydrogen-bond donors (Lipinski definition) is 1. The minimum absolute atomic E-state index is 0.175. The number of aliphatic hydroxyl groups is 1. The zero-order valence-electron chi connectivity index (χ0n) is 21.3. The topological polar surface area (TPSA) is 46.5 Å². The lowest BCUT2D eigenvalue weighted by molar-refractivity contribution is -0.140. The van der Waals surface area contributed by atoms with Crippen LogP contribution in [-0.2, 0) is 9.53 Å². The van der Waals surface area contributed by atoms with E-state index in [1.54, 1.807) is 0 Å². The number of carbonyl (C=O) groups is 1. The van der Waals surface area contributed by atoms with E-state index in [1.807, 2.05) is 0 Å². The van der Waals surface area contributed by atoms with Crippen LogP contribution in [0.4, 0.5) is 0 Å². The van der Waals surface area contributed by atoms with Crippen molar-refractivity contribution in [2.75, 3.05) is 7.11 Å². The fraction of sp³-hybridized carbons (Fsp3) is 0.964. The molecule has 0 aromatic carbocycles. The Morgan fingerprint density at radius 3 is 1.26 bits per heavy atom. The molecule has 0 aliphatic rings. The summed E-state index contributed by atoms with van der Waals surface area (Å²) in [6.07, 6.45) is 30.4. The van der Waals surface area contributed by atoms with Crippen LogP contribution >= 0.6 is 0 Å². The van der Waals surface area contributed by atoms with E-state index in [0.717, 1.165) is 19.3 Å². The van der Waals surface area contributed by atoms with E-state index in [0.29, 0.717) is 12.8 Å². The van der Waals surface area contributed by atoms with E-state index in [9.17, 15) is 9.90 Å². The Kier molecular flexibility index (Phi) is 25.2. The second-order valence-electron chi connectivity index (χ2n) is 9.63. The van der Waals surface area contributed by atoms with Crippen molar-refractivity contribution >= 4 is 5.97 Å². The van der Waals surface area contributed by atoms with Crippen LogP contribution in [0.5, 0.6) is 0 Å². The molecular formula is C28H56O3. The number of unbranched alkanes of at least 4 members (excludes halogenated alkanes) is 19. The molecule has 0 aliphatic heterocycles. The number of aliphatic hydroxyl groups excluding tert-OH is 1. The van der Waals surface area contributed by atoms with Crippen molar-refractivity contribution in [1.29, 1.82) is 0 Å². The van der Waals surface area contributed by atoms with Gasteiger partial charge in [-0.25, -0.2) is 0 Å². The quantitative estimate of drug-likeness (QED) is 0.114. The molecule has 0 spiro atoms. The molecular weight excluding hydrogens is 384 g/mol. The van der Waals surface area contributed by atoms with Crippen LogP contribution < -0.4 is 0 Å². The summed E-state index contributed by atoms with van der Waals surface area (Å²) in [5.74, 6) is -0.175. The van der Waals surface area contributed by atoms with Gasteiger partial charge in [0, 0.05) is 6.42 Å². The maximum atomic E-state index is 11.0. The number of ether oxygens (including phenoxy) is 1. The highest BCUT2D eigenvalue weighted by Gasteiger charge is 2.06. The molecule has 0 saturated heterocycles. The Bertz CT molecular complexity index is 356. The van der Waals surface area contributed by atoms with Crippen LogP contribution in [0, 0.1) is 0 Å². The Hall–Kier alpha value is -0.570. The highest BCUT2D eigenvalue weighted by Crippen LogP contribution is 2.16. The van der Waals surface area contributed by atoms with Crippen molar-refractivity contribution in [3.8, 4) is 0 Å². The highest BCUT2D eigenvalue weighted by molar-refractivity contribution is 5.68. The van der Waals surface area contributed by atoms with Crippen molar-refractivity contribution in [2.45, 2.75) is 167 Å². The van der Waals surface area contributed by atoms with Crippen molar-refractivity contribution < 1.29 is 14.6 Å². The molecule has 0 bridgehead atoms. The number of carbonyl (C=O) groups excluding carboxylic acids is 1. The van der Waals surface area contributed by atoms with Gasteiger partial charge in [-0.2, -0.15) is 0 Å². The van der Waals surface area contributed by atoms with E-state index < -0.39 is 0 Å². The third kappa shape index (κ3) is 25.6. The average Bonchev–Trinajstić information content (AvgIpc) is 2.77. The molecule has 0 heterocycles. The standard InChI is InChI=1S/C28H56O3/c1-3-4-5-6-7-8-9-10-11-12-13-14-15-16-17-18-19-20-21-22-24-27(29)25-23-26-28(30)31-2/h27,29H,3-26H2,1-2H3. The number of hydrogen-bond acceptors (Lipinski definition) is 3. The van der Waals surface area contributed by atoms with Crippen LogP contribution in [-0.4, -0.2) is 24.3 Å². The first-order valence-electron chi connectivity index (χ1n) is 14.0. The lowest BCUT2D eigenvalue weighted by Gasteiger charge is -2.09. The zero-order valence-corrected chi connectivity index (χ0v) is 21.3. The van der Waals surface area contributed by atoms with Crippen molar-refractivity contribution in [2.24, 2.45) is 0 Å². The lowest BCUT2D eigenvalue weighted by atomic mass is 10.0. The van der Waals surface area contributed by atoms with E-state index in [-0.39, 0.29) is 12.1 Å². The van der Waals surface area contributed by atoms with Crippen molar-refractivity contribution in [3.05, 3.63) is 0 Å². The molecule has 1 N–H and O–H groups in total. The second-order valence-corrected chi connectivity index (χ2v) is 9.63. The number of esters is 1. The summed E-state index contributed by atoms with van der Waals surface area (Å²) < 4.78 is 4.62. The van der Waals surface area contributed by atoms with E-state index in [4.69, 9.17) is 0 Å². The number of rotatable bonds is 25. The number of methoxy groups -OCH3 is 1. The van der Waals surface area contributed by atoms with Crippen LogP contribution in [0.25, 0.3) is 0 Å². The van der Waals surface area contributed by atoms with Gasteiger partial charge < -0.3 is 9.84 Å². The summed E-state index contributed by atoms with van der Waals surface area (Å²) in [6, 6.07) is 0. The molecule has 31 heavy (non-hydrogen) atoms. The van der Waals surface area contributed by atoms with Gasteiger partial charge in [-0.3, -0.25) is 4.79 Å². The van der Waals surface area contributed by atoms with E-state index in [1.165, 1.54) is 129 Å². The van der Waals surface area contributed by atoms with E-state index in [2.05, 4.69) is 11.7 Å². The molecule has 0 amide bonds. The van der Waals surface area contributed by atoms with Gasteiger partial charge in [0.25, 0.3) is 0 Å². The smallest absolute Gasteiger partial charge is 0.305 e. The Balaban J connectivity index is 3.11. The molecule has 0 aliphatic carbocycles. The van der Waals surface area contributed by atoms with Gasteiger partial charge in [0.05, 0.1) is 13.2 Å². The molecule has 0 saturated carbocycles. The first-order chi connectivity index (χ1) is 15.2. The highest BCUT2D eigenvalue weighted by atomic mass is 16.5. The van der Waals surface area contributed by atoms with Gasteiger partial charge in [0.1, 0.15) is 0 Å². The summed E-state index contributed by atoms with van der Waals surface area (Å²) >= 11 is 0. The normalized spacial score (nSPS) is 12.2. The monoisotopic (exact) mass is 440 g/mol. The van der Waals surface area contributed by atoms with Crippen molar-refractivity contribution in [3.63, 3.8) is 0 Å². The van der Waals surface area contributed by atoms with Gasteiger partial charge >= 0.3 is 5.97 Å². The predicted molar refractivity (Wildman–Crippen MR) is 135 cm³/mol. The Morgan fingerprint density at radius 1 is 0.581 bits per heavy atom. The van der Waals surface area contributed by atoms with Gasteiger partial charge in [-0.15, -0.1) is 0 Å². The lowest BCUT2D eigenvalue weighted by Crippen LogP contribution is -2.08. The predicted octanol–water partition coefficient (Wildman–Crippen LogP) is 8.90. The first kappa shape index (κ1) is 30.4. The zero-order chi connectivity index (χ0) is 22.8. The molecule has 0 radical (unpaired) electrons. The molecule has 0 aromatic rings. The van der Waals surface area contributed by atoms with Crippen LogP contribution in [0.3, 0.4) is 0 Å². The molecule has 0 rings (SSSR count). The molecule has 0 aromatic heterocycles. The summed E-state index contributed by atoms with van der Waals surface area (Å²) in [7, 11) is 1.41. The molecule has 3 heteroatoms. The molecule has 186 valence electrons. The maximum absolute atomic E-state index is 11.0. The Labute approximate surface area is 195 Å². The van der Waals surface area contributed by atoms with Crippen LogP contribution in [0.15, 0.2) is 0 Å². The van der Waals surface area contributed by atoms with Gasteiger partial charge in [0.2, 0.25) is 0 Å². The first-order valence-corrected chi connectivity index (χ1v) is 14.0.